The van der Waals surface area contributed by atoms with E-state index in [-0.39, 0.29) is 5.91 Å². The number of carbonyl (C=O) groups excluding carboxylic acids is 1. The number of ether oxygens (including phenoxy) is 1. The summed E-state index contributed by atoms with van der Waals surface area (Å²) in [6.45, 7) is 6.09. The van der Waals surface area contributed by atoms with Gasteiger partial charge in [0, 0.05) is 10.4 Å². The number of hydrogen-bond acceptors (Lipinski definition) is 7. The van der Waals surface area contributed by atoms with E-state index in [9.17, 15) is 4.79 Å². The van der Waals surface area contributed by atoms with Gasteiger partial charge in [0.2, 0.25) is 0 Å². The number of aromatic nitrogens is 3. The number of hydrogen-bond donors (Lipinski definition) is 1. The fourth-order valence-corrected chi connectivity index (χ4v) is 3.29. The van der Waals surface area contributed by atoms with Crippen LogP contribution in [-0.2, 0) is 6.61 Å². The molecule has 1 aromatic carbocycles. The molecule has 0 atom stereocenters. The number of aryl methyl sites for hydroxylation is 3. The van der Waals surface area contributed by atoms with Crippen LogP contribution in [0.2, 0.25) is 0 Å². The van der Waals surface area contributed by atoms with E-state index in [2.05, 4.69) is 18.4 Å². The lowest BCUT2D eigenvalue weighted by molar-refractivity contribution is 0.102. The van der Waals surface area contributed by atoms with E-state index in [1.54, 1.807) is 24.3 Å². The third-order valence-corrected chi connectivity index (χ3v) is 5.01. The van der Waals surface area contributed by atoms with Gasteiger partial charge in [-0.1, -0.05) is 0 Å². The molecule has 0 aliphatic heterocycles. The largest absolute Gasteiger partial charge is 0.487 e. The van der Waals surface area contributed by atoms with E-state index in [4.69, 9.17) is 4.74 Å². The summed E-state index contributed by atoms with van der Waals surface area (Å²) in [5.74, 6) is 0.524. The molecule has 0 aliphatic rings. The predicted octanol–water partition coefficient (Wildman–Crippen LogP) is 3.75. The van der Waals surface area contributed by atoms with E-state index in [0.717, 1.165) is 27.6 Å². The van der Waals surface area contributed by atoms with Gasteiger partial charge < -0.3 is 10.1 Å². The first-order chi connectivity index (χ1) is 11.5. The Morgan fingerprint density at radius 2 is 1.83 bits per heavy atom. The summed E-state index contributed by atoms with van der Waals surface area (Å²) in [6, 6.07) is 7.02. The Hall–Kier alpha value is -2.32. The summed E-state index contributed by atoms with van der Waals surface area (Å²) in [4.78, 5) is 13.3. The summed E-state index contributed by atoms with van der Waals surface area (Å²) >= 11 is 2.56. The molecule has 6 nitrogen and oxygen atoms in total. The Kier molecular flexibility index (Phi) is 4.86. The number of nitrogens with one attached hydrogen (secondary N) is 1. The molecule has 3 aromatic rings. The molecule has 24 heavy (non-hydrogen) atoms. The van der Waals surface area contributed by atoms with Crippen LogP contribution < -0.4 is 10.1 Å². The van der Waals surface area contributed by atoms with Crippen LogP contribution in [0.1, 0.15) is 32.3 Å². The van der Waals surface area contributed by atoms with Crippen LogP contribution in [0, 0.1) is 20.8 Å². The standard InChI is InChI=1S/C16H16N4O2S2/c1-9-14(20-24-19-9)8-22-13-6-4-12(5-7-13)16(21)17-15-10(2)18-23-11(15)3/h4-7H,8H2,1-3H3,(H,17,21). The quantitative estimate of drug-likeness (QED) is 0.750. The lowest BCUT2D eigenvalue weighted by atomic mass is 10.2. The SMILES string of the molecule is Cc1nsnc1COc1ccc(C(=O)Nc2c(C)nsc2C)cc1. The highest BCUT2D eigenvalue weighted by Gasteiger charge is 2.12. The summed E-state index contributed by atoms with van der Waals surface area (Å²) in [5, 5.41) is 2.91. The van der Waals surface area contributed by atoms with Gasteiger partial charge in [0.15, 0.2) is 0 Å². The van der Waals surface area contributed by atoms with Crippen LogP contribution in [0.5, 0.6) is 5.75 Å². The topological polar surface area (TPSA) is 77.0 Å². The molecule has 0 fully saturated rings. The van der Waals surface area contributed by atoms with Gasteiger partial charge in [-0.25, -0.2) is 0 Å². The Balaban J connectivity index is 1.63. The summed E-state index contributed by atoms with van der Waals surface area (Å²) < 4.78 is 18.2. The van der Waals surface area contributed by atoms with Crippen LogP contribution in [0.4, 0.5) is 5.69 Å². The second kappa shape index (κ2) is 7.06. The van der Waals surface area contributed by atoms with E-state index in [0.29, 0.717) is 17.9 Å². The molecular formula is C16H16N4O2S2. The molecule has 0 spiro atoms. The number of nitrogens with zero attached hydrogens (tertiary/aromatic N) is 3. The van der Waals surface area contributed by atoms with Crippen molar-refractivity contribution >= 4 is 34.9 Å². The predicted molar refractivity (Wildman–Crippen MR) is 95.0 cm³/mol. The van der Waals surface area contributed by atoms with Crippen LogP contribution in [-0.4, -0.2) is 19.0 Å². The Morgan fingerprint density at radius 3 is 2.42 bits per heavy atom. The maximum atomic E-state index is 12.3. The maximum absolute atomic E-state index is 12.3. The first-order valence-electron chi connectivity index (χ1n) is 7.29. The van der Waals surface area contributed by atoms with Gasteiger partial charge in [0.25, 0.3) is 5.91 Å². The molecule has 124 valence electrons. The minimum absolute atomic E-state index is 0.160. The number of benzene rings is 1. The molecule has 8 heteroatoms. The molecule has 0 saturated heterocycles. The van der Waals surface area contributed by atoms with Crippen molar-refractivity contribution in [2.45, 2.75) is 27.4 Å². The van der Waals surface area contributed by atoms with Crippen molar-refractivity contribution < 1.29 is 9.53 Å². The van der Waals surface area contributed by atoms with Gasteiger partial charge in [-0.2, -0.15) is 13.1 Å². The van der Waals surface area contributed by atoms with E-state index >= 15 is 0 Å². The van der Waals surface area contributed by atoms with E-state index in [1.807, 2.05) is 20.8 Å². The van der Waals surface area contributed by atoms with Crippen molar-refractivity contribution in [3.8, 4) is 5.75 Å². The normalized spacial score (nSPS) is 10.6. The number of rotatable bonds is 5. The van der Waals surface area contributed by atoms with Crippen molar-refractivity contribution in [2.75, 3.05) is 5.32 Å². The van der Waals surface area contributed by atoms with Crippen LogP contribution in [0.15, 0.2) is 24.3 Å². The number of amides is 1. The van der Waals surface area contributed by atoms with Gasteiger partial charge in [-0.05, 0) is 56.6 Å². The zero-order valence-corrected chi connectivity index (χ0v) is 15.1. The molecule has 3 rings (SSSR count). The molecule has 2 aromatic heterocycles. The second-order valence-electron chi connectivity index (χ2n) is 5.26. The fraction of sp³-hybridized carbons (Fsp3) is 0.250. The van der Waals surface area contributed by atoms with E-state index < -0.39 is 0 Å². The summed E-state index contributed by atoms with van der Waals surface area (Å²) in [5.41, 5.74) is 3.90. The van der Waals surface area contributed by atoms with Crippen LogP contribution in [0.3, 0.4) is 0 Å². The first-order valence-corrected chi connectivity index (χ1v) is 8.80. The Morgan fingerprint density at radius 1 is 1.08 bits per heavy atom. The van der Waals surface area contributed by atoms with E-state index in [1.165, 1.54) is 23.3 Å². The Labute approximate surface area is 148 Å². The zero-order valence-electron chi connectivity index (χ0n) is 13.5. The second-order valence-corrected chi connectivity index (χ2v) is 6.77. The average molecular weight is 360 g/mol. The van der Waals surface area contributed by atoms with Crippen LogP contribution in [0.25, 0.3) is 0 Å². The number of anilines is 1. The zero-order chi connectivity index (χ0) is 17.1. The minimum Gasteiger partial charge on any atom is -0.487 e. The van der Waals surface area contributed by atoms with Crippen molar-refractivity contribution in [1.29, 1.82) is 0 Å². The summed E-state index contributed by atoms with van der Waals surface area (Å²) in [7, 11) is 0. The summed E-state index contributed by atoms with van der Waals surface area (Å²) in [6.07, 6.45) is 0. The van der Waals surface area contributed by atoms with Crippen molar-refractivity contribution in [3.05, 3.63) is 51.8 Å². The maximum Gasteiger partial charge on any atom is 0.255 e. The molecule has 1 N–H and O–H groups in total. The average Bonchev–Trinajstić information content (AvgIpc) is 3.13. The lowest BCUT2D eigenvalue weighted by Gasteiger charge is -2.07. The van der Waals surface area contributed by atoms with Gasteiger partial charge in [0.05, 0.1) is 28.8 Å². The number of carbonyl (C=O) groups is 1. The third-order valence-electron chi connectivity index (χ3n) is 3.51. The third kappa shape index (κ3) is 3.60. The van der Waals surface area contributed by atoms with Gasteiger partial charge in [-0.3, -0.25) is 4.79 Å². The van der Waals surface area contributed by atoms with Gasteiger partial charge >= 0.3 is 0 Å². The lowest BCUT2D eigenvalue weighted by Crippen LogP contribution is -2.12. The minimum atomic E-state index is -0.160. The van der Waals surface area contributed by atoms with Crippen molar-refractivity contribution in [1.82, 2.24) is 13.1 Å². The highest BCUT2D eigenvalue weighted by Crippen LogP contribution is 2.24. The Bertz CT molecular complexity index is 836. The van der Waals surface area contributed by atoms with Crippen molar-refractivity contribution in [2.24, 2.45) is 0 Å². The van der Waals surface area contributed by atoms with Crippen LogP contribution >= 0.6 is 23.3 Å². The molecule has 0 radical (unpaired) electrons. The monoisotopic (exact) mass is 360 g/mol. The van der Waals surface area contributed by atoms with Gasteiger partial charge in [-0.15, -0.1) is 0 Å². The fourth-order valence-electron chi connectivity index (χ4n) is 2.08. The molecule has 0 bridgehead atoms. The van der Waals surface area contributed by atoms with Crippen molar-refractivity contribution in [3.63, 3.8) is 0 Å². The molecule has 1 amide bonds. The molecule has 2 heterocycles. The molecule has 0 unspecified atom stereocenters. The smallest absolute Gasteiger partial charge is 0.255 e. The highest BCUT2D eigenvalue weighted by molar-refractivity contribution is 7.06. The molecule has 0 aliphatic carbocycles. The first kappa shape index (κ1) is 16.5. The van der Waals surface area contributed by atoms with Gasteiger partial charge in [0.1, 0.15) is 18.1 Å². The molecular weight excluding hydrogens is 344 g/mol. The highest BCUT2D eigenvalue weighted by atomic mass is 32.1. The molecule has 0 saturated carbocycles.